The zero-order chi connectivity index (χ0) is 14.5. The van der Waals surface area contributed by atoms with Gasteiger partial charge in [0.15, 0.2) is 0 Å². The summed E-state index contributed by atoms with van der Waals surface area (Å²) >= 11 is 6.20. The Balaban J connectivity index is 2.47. The minimum Gasteiger partial charge on any atom is -0.506 e. The van der Waals surface area contributed by atoms with Crippen molar-refractivity contribution >= 4 is 22.7 Å². The van der Waals surface area contributed by atoms with Crippen molar-refractivity contribution in [3.8, 4) is 17.7 Å². The number of aromatic hydroxyl groups is 1. The van der Waals surface area contributed by atoms with Crippen LogP contribution in [-0.4, -0.2) is 22.2 Å². The molecule has 1 N–H and O–H groups in total. The average molecular weight is 288 g/mol. The lowest BCUT2D eigenvalue weighted by molar-refractivity contribution is 0.393. The van der Waals surface area contributed by atoms with E-state index in [1.54, 1.807) is 18.3 Å². The molecule has 0 atom stereocenters. The molecular formula is C14H10ClN3O2. The molecule has 100 valence electrons. The molecule has 0 aliphatic heterocycles. The van der Waals surface area contributed by atoms with Gasteiger partial charge < -0.3 is 9.84 Å². The first kappa shape index (κ1) is 13.8. The molecule has 0 radical (unpaired) electrons. The van der Waals surface area contributed by atoms with E-state index in [-0.39, 0.29) is 5.75 Å². The summed E-state index contributed by atoms with van der Waals surface area (Å²) in [4.78, 5) is 7.73. The van der Waals surface area contributed by atoms with Crippen LogP contribution in [-0.2, 0) is 0 Å². The molecule has 2 aromatic heterocycles. The van der Waals surface area contributed by atoms with E-state index in [2.05, 4.69) is 9.97 Å². The highest BCUT2D eigenvalue weighted by Gasteiger charge is 2.08. The molecule has 0 saturated heterocycles. The van der Waals surface area contributed by atoms with Crippen molar-refractivity contribution in [1.29, 1.82) is 5.26 Å². The Morgan fingerprint density at radius 3 is 3.00 bits per heavy atom. The lowest BCUT2D eigenvalue weighted by Crippen LogP contribution is -1.89. The first-order chi connectivity index (χ1) is 9.65. The molecular weight excluding hydrogens is 278 g/mol. The summed E-state index contributed by atoms with van der Waals surface area (Å²) in [6.07, 6.45) is 5.78. The third-order valence-corrected chi connectivity index (χ3v) is 2.89. The molecule has 0 amide bonds. The largest absolute Gasteiger partial charge is 0.506 e. The minimum atomic E-state index is -0.0310. The third-order valence-electron chi connectivity index (χ3n) is 2.58. The van der Waals surface area contributed by atoms with Crippen LogP contribution in [0, 0.1) is 11.3 Å². The van der Waals surface area contributed by atoms with Crippen LogP contribution in [0.5, 0.6) is 11.6 Å². The first-order valence-electron chi connectivity index (χ1n) is 5.60. The third kappa shape index (κ3) is 2.87. The molecule has 0 saturated carbocycles. The van der Waals surface area contributed by atoms with Crippen LogP contribution >= 0.6 is 11.6 Å². The van der Waals surface area contributed by atoms with Gasteiger partial charge in [0.2, 0.25) is 5.88 Å². The van der Waals surface area contributed by atoms with E-state index < -0.39 is 0 Å². The van der Waals surface area contributed by atoms with Gasteiger partial charge in [-0.25, -0.2) is 4.98 Å². The second-order valence-electron chi connectivity index (χ2n) is 3.81. The van der Waals surface area contributed by atoms with Crippen molar-refractivity contribution in [2.45, 2.75) is 0 Å². The molecule has 0 unspecified atom stereocenters. The maximum absolute atomic E-state index is 9.75. The molecule has 0 fully saturated rings. The number of aromatic nitrogens is 2. The normalized spacial score (nSPS) is 10.9. The monoisotopic (exact) mass is 287 g/mol. The molecule has 2 heterocycles. The van der Waals surface area contributed by atoms with Gasteiger partial charge in [-0.2, -0.15) is 5.26 Å². The Labute approximate surface area is 120 Å². The minimum absolute atomic E-state index is 0.0310. The smallest absolute Gasteiger partial charge is 0.213 e. The topological polar surface area (TPSA) is 79.0 Å². The summed E-state index contributed by atoms with van der Waals surface area (Å²) in [7, 11) is 1.48. The predicted octanol–water partition coefficient (Wildman–Crippen LogP) is 2.80. The van der Waals surface area contributed by atoms with Crippen molar-refractivity contribution in [1.82, 2.24) is 9.97 Å². The Morgan fingerprint density at radius 2 is 2.30 bits per heavy atom. The van der Waals surface area contributed by atoms with Crippen LogP contribution in [0.1, 0.15) is 16.7 Å². The van der Waals surface area contributed by atoms with Gasteiger partial charge in [-0.15, -0.1) is 0 Å². The molecule has 0 bridgehead atoms. The number of nitriles is 1. The van der Waals surface area contributed by atoms with E-state index >= 15 is 0 Å². The number of hydrogen-bond acceptors (Lipinski definition) is 5. The summed E-state index contributed by atoms with van der Waals surface area (Å²) in [5, 5.41) is 19.1. The first-order valence-corrected chi connectivity index (χ1v) is 5.98. The number of rotatable bonds is 3. The summed E-state index contributed by atoms with van der Waals surface area (Å²) in [6.45, 7) is 0. The second-order valence-corrected chi connectivity index (χ2v) is 4.22. The Hall–Kier alpha value is -2.58. The fraction of sp³-hybridized carbons (Fsp3) is 0.0714. The van der Waals surface area contributed by atoms with Gasteiger partial charge in [-0.1, -0.05) is 11.6 Å². The molecule has 6 heteroatoms. The van der Waals surface area contributed by atoms with E-state index in [9.17, 15) is 5.11 Å². The van der Waals surface area contributed by atoms with Crippen LogP contribution in [0.2, 0.25) is 0 Å². The van der Waals surface area contributed by atoms with Crippen LogP contribution in [0.3, 0.4) is 0 Å². The van der Waals surface area contributed by atoms with Crippen molar-refractivity contribution in [2.75, 3.05) is 7.11 Å². The second kappa shape index (κ2) is 6.04. The van der Waals surface area contributed by atoms with E-state index in [0.717, 1.165) is 0 Å². The molecule has 0 spiro atoms. The molecule has 0 aliphatic rings. The predicted molar refractivity (Wildman–Crippen MR) is 75.1 cm³/mol. The zero-order valence-electron chi connectivity index (χ0n) is 10.5. The Morgan fingerprint density at radius 1 is 1.50 bits per heavy atom. The zero-order valence-corrected chi connectivity index (χ0v) is 11.3. The molecule has 0 aromatic carbocycles. The average Bonchev–Trinajstić information content (AvgIpc) is 2.49. The molecule has 0 aliphatic carbocycles. The van der Waals surface area contributed by atoms with Gasteiger partial charge in [0.25, 0.3) is 0 Å². The number of ether oxygens (including phenoxy) is 1. The number of pyridine rings is 2. The van der Waals surface area contributed by atoms with Crippen molar-refractivity contribution < 1.29 is 9.84 Å². The number of hydrogen-bond donors (Lipinski definition) is 1. The van der Waals surface area contributed by atoms with Gasteiger partial charge in [-0.3, -0.25) is 4.98 Å². The summed E-state index contributed by atoms with van der Waals surface area (Å²) in [6, 6.07) is 5.19. The van der Waals surface area contributed by atoms with Crippen LogP contribution in [0.15, 0.2) is 30.7 Å². The summed E-state index contributed by atoms with van der Waals surface area (Å²) < 4.78 is 4.99. The van der Waals surface area contributed by atoms with E-state index in [1.165, 1.54) is 25.6 Å². The van der Waals surface area contributed by atoms with Gasteiger partial charge >= 0.3 is 0 Å². The van der Waals surface area contributed by atoms with E-state index in [4.69, 9.17) is 21.6 Å². The SMILES string of the molecule is COc1cc(/C=C(\Cl)c2ccncc2C#N)c(O)cn1. The number of halogens is 1. The van der Waals surface area contributed by atoms with Gasteiger partial charge in [0.05, 0.1) is 18.9 Å². The highest BCUT2D eigenvalue weighted by atomic mass is 35.5. The Kier molecular flexibility index (Phi) is 4.18. The molecule has 5 nitrogen and oxygen atoms in total. The van der Waals surface area contributed by atoms with Crippen molar-refractivity contribution in [3.63, 3.8) is 0 Å². The van der Waals surface area contributed by atoms with Crippen LogP contribution in [0.25, 0.3) is 11.1 Å². The highest BCUT2D eigenvalue weighted by molar-refractivity contribution is 6.51. The quantitative estimate of drug-likeness (QED) is 0.939. The van der Waals surface area contributed by atoms with Gasteiger partial charge in [0.1, 0.15) is 11.8 Å². The standard InChI is InChI=1S/C14H10ClN3O2/c1-20-14-5-9(13(19)8-18-14)4-12(15)11-2-3-17-7-10(11)6-16/h2-5,7-8,19H,1H3/b12-4-. The molecule has 2 aromatic rings. The maximum atomic E-state index is 9.75. The fourth-order valence-corrected chi connectivity index (χ4v) is 1.86. The molecule has 20 heavy (non-hydrogen) atoms. The van der Waals surface area contributed by atoms with Crippen LogP contribution < -0.4 is 4.74 Å². The Bertz CT molecular complexity index is 708. The van der Waals surface area contributed by atoms with Crippen LogP contribution in [0.4, 0.5) is 0 Å². The van der Waals surface area contributed by atoms with Crippen molar-refractivity contribution in [2.24, 2.45) is 0 Å². The summed E-state index contributed by atoms with van der Waals surface area (Å²) in [5.41, 5.74) is 1.34. The fourth-order valence-electron chi connectivity index (χ4n) is 1.58. The lowest BCUT2D eigenvalue weighted by Gasteiger charge is -2.05. The van der Waals surface area contributed by atoms with Gasteiger partial charge in [0, 0.05) is 34.6 Å². The maximum Gasteiger partial charge on any atom is 0.213 e. The molecule has 2 rings (SSSR count). The highest BCUT2D eigenvalue weighted by Crippen LogP contribution is 2.29. The lowest BCUT2D eigenvalue weighted by atomic mass is 10.1. The number of methoxy groups -OCH3 is 1. The van der Waals surface area contributed by atoms with E-state index in [1.807, 2.05) is 6.07 Å². The number of nitrogens with zero attached hydrogens (tertiary/aromatic N) is 3. The summed E-state index contributed by atoms with van der Waals surface area (Å²) in [5.74, 6) is 0.324. The van der Waals surface area contributed by atoms with Gasteiger partial charge in [-0.05, 0) is 12.1 Å². The van der Waals surface area contributed by atoms with Crippen molar-refractivity contribution in [3.05, 3.63) is 47.4 Å². The van der Waals surface area contributed by atoms with E-state index in [0.29, 0.717) is 27.6 Å².